The molecule has 2 aromatic rings. The van der Waals surface area contributed by atoms with Crippen LogP contribution in [-0.4, -0.2) is 20.9 Å². The fourth-order valence-electron chi connectivity index (χ4n) is 2.37. The van der Waals surface area contributed by atoms with Crippen molar-refractivity contribution in [2.24, 2.45) is 0 Å². The van der Waals surface area contributed by atoms with Crippen LogP contribution in [0.5, 0.6) is 0 Å². The number of carbonyl (C=O) groups is 1. The summed E-state index contributed by atoms with van der Waals surface area (Å²) in [4.78, 5) is 11.9. The van der Waals surface area contributed by atoms with Gasteiger partial charge in [0, 0.05) is 5.69 Å². The van der Waals surface area contributed by atoms with Crippen molar-refractivity contribution in [3.8, 4) is 6.07 Å². The first-order valence-electron chi connectivity index (χ1n) is 8.34. The number of sulfonamides is 1. The van der Waals surface area contributed by atoms with Gasteiger partial charge in [-0.05, 0) is 42.7 Å². The summed E-state index contributed by atoms with van der Waals surface area (Å²) in [6.45, 7) is 1.71. The van der Waals surface area contributed by atoms with Crippen molar-refractivity contribution in [3.05, 3.63) is 59.7 Å². The second kappa shape index (κ2) is 9.13. The Morgan fingerprint density at radius 2 is 1.81 bits per heavy atom. The van der Waals surface area contributed by atoms with E-state index in [-0.39, 0.29) is 10.5 Å². The molecule has 2 aromatic carbocycles. The number of hydrogen-bond donors (Lipinski definition) is 2. The van der Waals surface area contributed by atoms with E-state index >= 15 is 0 Å². The van der Waals surface area contributed by atoms with Crippen molar-refractivity contribution in [3.63, 3.8) is 0 Å². The molecule has 7 heteroatoms. The van der Waals surface area contributed by atoms with Crippen molar-refractivity contribution in [2.75, 3.05) is 11.9 Å². The van der Waals surface area contributed by atoms with Crippen LogP contribution in [0.1, 0.15) is 30.9 Å². The lowest BCUT2D eigenvalue weighted by Gasteiger charge is -2.09. The standard InChI is InChI=1S/C19H21N3O3S/c1-2-3-6-15-9-11-17(12-10-15)22-19(23)14-21-26(24,25)18-8-5-4-7-16(18)13-20/h4-5,7-12,21H,2-3,6,14H2,1H3,(H,22,23). The number of aryl methyl sites for hydroxylation is 1. The lowest BCUT2D eigenvalue weighted by atomic mass is 10.1. The maximum Gasteiger partial charge on any atom is 0.242 e. The van der Waals surface area contributed by atoms with Gasteiger partial charge in [0.2, 0.25) is 15.9 Å². The highest BCUT2D eigenvalue weighted by Gasteiger charge is 2.19. The Balaban J connectivity index is 1.95. The number of carbonyl (C=O) groups excluding carboxylic acids is 1. The summed E-state index contributed by atoms with van der Waals surface area (Å²) in [6.07, 6.45) is 3.22. The number of amides is 1. The quantitative estimate of drug-likeness (QED) is 0.745. The summed E-state index contributed by atoms with van der Waals surface area (Å²) in [6, 6.07) is 15.1. The van der Waals surface area contributed by atoms with Crippen molar-refractivity contribution >= 4 is 21.6 Å². The molecule has 0 radical (unpaired) electrons. The van der Waals surface area contributed by atoms with Gasteiger partial charge in [-0.3, -0.25) is 4.79 Å². The van der Waals surface area contributed by atoms with Crippen LogP contribution in [0, 0.1) is 11.3 Å². The molecule has 136 valence electrons. The van der Waals surface area contributed by atoms with Gasteiger partial charge < -0.3 is 5.32 Å². The molecule has 0 unspecified atom stereocenters. The van der Waals surface area contributed by atoms with Crippen molar-refractivity contribution in [2.45, 2.75) is 31.1 Å². The molecule has 2 N–H and O–H groups in total. The molecule has 0 atom stereocenters. The third-order valence-electron chi connectivity index (χ3n) is 3.78. The van der Waals surface area contributed by atoms with Crippen LogP contribution in [-0.2, 0) is 21.2 Å². The molecule has 0 aliphatic heterocycles. The summed E-state index contributed by atoms with van der Waals surface area (Å²) >= 11 is 0. The topological polar surface area (TPSA) is 99.1 Å². The van der Waals surface area contributed by atoms with Gasteiger partial charge >= 0.3 is 0 Å². The zero-order valence-electron chi connectivity index (χ0n) is 14.5. The molecule has 0 aliphatic rings. The van der Waals surface area contributed by atoms with Crippen LogP contribution in [0.15, 0.2) is 53.4 Å². The zero-order chi connectivity index (χ0) is 19.0. The first-order chi connectivity index (χ1) is 12.5. The highest BCUT2D eigenvalue weighted by atomic mass is 32.2. The van der Waals surface area contributed by atoms with E-state index in [0.717, 1.165) is 19.3 Å². The number of unbranched alkanes of at least 4 members (excludes halogenated alkanes) is 1. The summed E-state index contributed by atoms with van der Waals surface area (Å²) < 4.78 is 26.8. The molecule has 6 nitrogen and oxygen atoms in total. The number of nitriles is 1. The third-order valence-corrected chi connectivity index (χ3v) is 5.24. The van der Waals surface area contributed by atoms with Crippen molar-refractivity contribution in [1.29, 1.82) is 5.26 Å². The summed E-state index contributed by atoms with van der Waals surface area (Å²) in [5, 5.41) is 11.7. The number of hydrogen-bond acceptors (Lipinski definition) is 4. The van der Waals surface area contributed by atoms with Gasteiger partial charge in [-0.1, -0.05) is 37.6 Å². The molecule has 0 aliphatic carbocycles. The van der Waals surface area contributed by atoms with Gasteiger partial charge in [-0.2, -0.15) is 5.26 Å². The molecule has 0 spiro atoms. The molecule has 0 fully saturated rings. The average molecular weight is 371 g/mol. The van der Waals surface area contributed by atoms with Gasteiger partial charge in [0.15, 0.2) is 0 Å². The molecule has 26 heavy (non-hydrogen) atoms. The number of rotatable bonds is 8. The normalized spacial score (nSPS) is 10.9. The van der Waals surface area contributed by atoms with E-state index in [0.29, 0.717) is 5.69 Å². The summed E-state index contributed by atoms with van der Waals surface area (Å²) in [5.41, 5.74) is 1.83. The SMILES string of the molecule is CCCCc1ccc(NC(=O)CNS(=O)(=O)c2ccccc2C#N)cc1. The minimum atomic E-state index is -3.94. The van der Waals surface area contributed by atoms with Crippen LogP contribution in [0.25, 0.3) is 0 Å². The van der Waals surface area contributed by atoms with Gasteiger partial charge in [0.05, 0.1) is 17.0 Å². The molecule has 0 saturated heterocycles. The smallest absolute Gasteiger partial charge is 0.242 e. The van der Waals surface area contributed by atoms with Crippen LogP contribution in [0.2, 0.25) is 0 Å². The first-order valence-corrected chi connectivity index (χ1v) is 9.82. The third kappa shape index (κ3) is 5.41. The number of nitrogens with zero attached hydrogens (tertiary/aromatic N) is 1. The predicted octanol–water partition coefficient (Wildman–Crippen LogP) is 2.82. The molecule has 0 saturated carbocycles. The fourth-order valence-corrected chi connectivity index (χ4v) is 3.51. The minimum Gasteiger partial charge on any atom is -0.325 e. The second-order valence-corrected chi connectivity index (χ2v) is 7.52. The van der Waals surface area contributed by atoms with Gasteiger partial charge in [0.25, 0.3) is 0 Å². The largest absolute Gasteiger partial charge is 0.325 e. The van der Waals surface area contributed by atoms with Gasteiger partial charge in [-0.25, -0.2) is 13.1 Å². The Bertz CT molecular complexity index is 900. The molecule has 0 heterocycles. The average Bonchev–Trinajstić information content (AvgIpc) is 2.66. The summed E-state index contributed by atoms with van der Waals surface area (Å²) in [7, 11) is -3.94. The van der Waals surface area contributed by atoms with Crippen LogP contribution < -0.4 is 10.0 Å². The van der Waals surface area contributed by atoms with Crippen LogP contribution in [0.3, 0.4) is 0 Å². The predicted molar refractivity (Wildman–Crippen MR) is 100 cm³/mol. The van der Waals surface area contributed by atoms with E-state index in [2.05, 4.69) is 17.0 Å². The molecular formula is C19H21N3O3S. The minimum absolute atomic E-state index is 0.0306. The monoisotopic (exact) mass is 371 g/mol. The lowest BCUT2D eigenvalue weighted by Crippen LogP contribution is -2.33. The Kier molecular flexibility index (Phi) is 6.89. The maximum absolute atomic E-state index is 12.3. The maximum atomic E-state index is 12.3. The van der Waals surface area contributed by atoms with E-state index in [1.165, 1.54) is 23.8 Å². The van der Waals surface area contributed by atoms with E-state index in [1.807, 2.05) is 18.2 Å². The fraction of sp³-hybridized carbons (Fsp3) is 0.263. The molecule has 2 rings (SSSR count). The Morgan fingerprint density at radius 3 is 2.46 bits per heavy atom. The van der Waals surface area contributed by atoms with E-state index in [1.54, 1.807) is 18.2 Å². The molecule has 1 amide bonds. The Morgan fingerprint density at radius 1 is 1.12 bits per heavy atom. The van der Waals surface area contributed by atoms with Gasteiger partial charge in [-0.15, -0.1) is 0 Å². The Labute approximate surface area is 153 Å². The summed E-state index contributed by atoms with van der Waals surface area (Å²) in [5.74, 6) is -0.482. The van der Waals surface area contributed by atoms with E-state index in [9.17, 15) is 13.2 Å². The Hall–Kier alpha value is -2.69. The van der Waals surface area contributed by atoms with Crippen LogP contribution in [0.4, 0.5) is 5.69 Å². The zero-order valence-corrected chi connectivity index (χ0v) is 15.3. The first kappa shape index (κ1) is 19.6. The highest BCUT2D eigenvalue weighted by molar-refractivity contribution is 7.89. The second-order valence-electron chi connectivity index (χ2n) is 5.78. The molecule has 0 bridgehead atoms. The van der Waals surface area contributed by atoms with E-state index < -0.39 is 22.5 Å². The molecule has 0 aromatic heterocycles. The van der Waals surface area contributed by atoms with Crippen LogP contribution >= 0.6 is 0 Å². The van der Waals surface area contributed by atoms with E-state index in [4.69, 9.17) is 5.26 Å². The van der Waals surface area contributed by atoms with Crippen molar-refractivity contribution < 1.29 is 13.2 Å². The highest BCUT2D eigenvalue weighted by Crippen LogP contribution is 2.14. The number of nitrogens with one attached hydrogen (secondary N) is 2. The number of anilines is 1. The number of benzene rings is 2. The lowest BCUT2D eigenvalue weighted by molar-refractivity contribution is -0.115. The van der Waals surface area contributed by atoms with Gasteiger partial charge in [0.1, 0.15) is 6.07 Å². The van der Waals surface area contributed by atoms with Crippen molar-refractivity contribution in [1.82, 2.24) is 4.72 Å². The molecular weight excluding hydrogens is 350 g/mol.